The molecular weight excluding hydrogens is 172 g/mol. The minimum Gasteiger partial charge on any atom is -1.00 e. The molecule has 0 fully saturated rings. The zero-order valence-electron chi connectivity index (χ0n) is 1.84. The van der Waals surface area contributed by atoms with Gasteiger partial charge in [0.2, 0.25) is 0 Å². The number of halogens is 3. The van der Waals surface area contributed by atoms with E-state index in [0.717, 1.165) is 0 Å². The first kappa shape index (κ1) is 49.7. The third-order valence-corrected chi connectivity index (χ3v) is 0. The van der Waals surface area contributed by atoms with Crippen LogP contribution in [0.4, 0.5) is 0 Å². The van der Waals surface area contributed by atoms with Crippen molar-refractivity contribution in [1.29, 1.82) is 0 Å². The van der Waals surface area contributed by atoms with Gasteiger partial charge in [0.25, 0.3) is 0 Å². The van der Waals surface area contributed by atoms with Crippen molar-refractivity contribution < 1.29 is 56.7 Å². The summed E-state index contributed by atoms with van der Waals surface area (Å²) in [6.45, 7) is 0. The van der Waals surface area contributed by atoms with Crippen molar-refractivity contribution >= 4 is 0 Å². The molecule has 4 heteroatoms. The fraction of sp³-hybridized carbons (Fsp3) is 0. The van der Waals surface area contributed by atoms with Crippen molar-refractivity contribution in [3.05, 3.63) is 0 Å². The monoisotopic (exact) mass is 169 g/mol. The van der Waals surface area contributed by atoms with E-state index in [1.54, 1.807) is 0 Å². The Balaban J connectivity index is 0. The summed E-state index contributed by atoms with van der Waals surface area (Å²) in [7, 11) is 0. The molecule has 0 nitrogen and oxygen atoms in total. The Labute approximate surface area is 56.7 Å². The van der Waals surface area contributed by atoms with E-state index in [4.69, 9.17) is 0 Å². The molecule has 0 aliphatic heterocycles. The Bertz CT molecular complexity index is 3.25. The van der Waals surface area contributed by atoms with Gasteiger partial charge in [0.05, 0.1) is 0 Å². The quantitative estimate of drug-likeness (QED) is 0.318. The van der Waals surface area contributed by atoms with Crippen LogP contribution in [-0.4, -0.2) is 0 Å². The van der Waals surface area contributed by atoms with Gasteiger partial charge >= 0.3 is 19.5 Å². The van der Waals surface area contributed by atoms with Crippen LogP contribution in [0.15, 0.2) is 0 Å². The molecule has 0 rings (SSSR count). The smallest absolute Gasteiger partial charge is 1.00 e. The number of rotatable bonds is 0. The topological polar surface area (TPSA) is 0 Å². The molecule has 0 radical (unpaired) electrons. The molecule has 0 aromatic heterocycles. The van der Waals surface area contributed by atoms with E-state index >= 15 is 0 Å². The third-order valence-electron chi connectivity index (χ3n) is 0. The first-order valence-corrected chi connectivity index (χ1v) is 0. The van der Waals surface area contributed by atoms with E-state index in [1.165, 1.54) is 0 Å². The summed E-state index contributed by atoms with van der Waals surface area (Å²) in [6, 6.07) is 0. The predicted octanol–water partition coefficient (Wildman–Crippen LogP) is -8.99. The standard InChI is InChI=1S/3ClH.Zn/h3*1H;/q;;;+3/p-3. The Kier molecular flexibility index (Phi) is 306. The van der Waals surface area contributed by atoms with E-state index < -0.39 is 0 Å². The van der Waals surface area contributed by atoms with Gasteiger partial charge < -0.3 is 37.2 Å². The van der Waals surface area contributed by atoms with Crippen LogP contribution >= 0.6 is 0 Å². The Morgan fingerprint density at radius 3 is 0.500 bits per heavy atom. The summed E-state index contributed by atoms with van der Waals surface area (Å²) < 4.78 is 0. The van der Waals surface area contributed by atoms with Gasteiger partial charge in [-0.25, -0.2) is 0 Å². The van der Waals surface area contributed by atoms with Gasteiger partial charge in [-0.2, -0.15) is 0 Å². The number of hydrogen-bond acceptors (Lipinski definition) is 0. The molecule has 0 amide bonds. The van der Waals surface area contributed by atoms with Crippen LogP contribution in [0.5, 0.6) is 0 Å². The average Bonchev–Trinajstić information content (AvgIpc) is 0. The van der Waals surface area contributed by atoms with E-state index in [1.807, 2.05) is 0 Å². The summed E-state index contributed by atoms with van der Waals surface area (Å²) >= 11 is 0. The molecule has 0 saturated heterocycles. The summed E-state index contributed by atoms with van der Waals surface area (Å²) in [4.78, 5) is 0. The number of hydrogen-bond donors (Lipinski definition) is 0. The minimum absolute atomic E-state index is 0. The molecule has 0 aliphatic carbocycles. The van der Waals surface area contributed by atoms with E-state index in [2.05, 4.69) is 0 Å². The maximum absolute atomic E-state index is 0. The first-order chi connectivity index (χ1) is 0. The van der Waals surface area contributed by atoms with Gasteiger partial charge in [-0.05, 0) is 0 Å². The molecule has 0 spiro atoms. The summed E-state index contributed by atoms with van der Waals surface area (Å²) in [5.74, 6) is 0. The molecule has 0 saturated carbocycles. The van der Waals surface area contributed by atoms with Crippen molar-refractivity contribution in [1.82, 2.24) is 0 Å². The molecule has 0 unspecified atom stereocenters. The SMILES string of the molecule is [Cl-].[Cl-].[Cl-].[Zn+3]. The predicted molar refractivity (Wildman–Crippen MR) is 0 cm³/mol. The molecule has 0 atom stereocenters. The van der Waals surface area contributed by atoms with Crippen molar-refractivity contribution in [3.63, 3.8) is 0 Å². The molecule has 0 N–H and O–H groups in total. The van der Waals surface area contributed by atoms with Gasteiger partial charge in [-0.1, -0.05) is 0 Å². The van der Waals surface area contributed by atoms with Gasteiger partial charge in [-0.3, -0.25) is 0 Å². The fourth-order valence-electron chi connectivity index (χ4n) is 0. The van der Waals surface area contributed by atoms with Crippen molar-refractivity contribution in [2.24, 2.45) is 0 Å². The third kappa shape index (κ3) is 9.74. The molecule has 0 aromatic carbocycles. The summed E-state index contributed by atoms with van der Waals surface area (Å²) in [5.41, 5.74) is 0. The van der Waals surface area contributed by atoms with Crippen molar-refractivity contribution in [2.45, 2.75) is 0 Å². The Morgan fingerprint density at radius 2 is 0.500 bits per heavy atom. The largest absolute Gasteiger partial charge is 3.00 e. The molecule has 0 bridgehead atoms. The second-order valence-corrected chi connectivity index (χ2v) is 0. The van der Waals surface area contributed by atoms with Crippen LogP contribution in [0, 0.1) is 0 Å². The van der Waals surface area contributed by atoms with E-state index in [9.17, 15) is 0 Å². The molecule has 0 aliphatic rings. The van der Waals surface area contributed by atoms with Crippen LogP contribution in [0.2, 0.25) is 0 Å². The summed E-state index contributed by atoms with van der Waals surface area (Å²) in [6.07, 6.45) is 0. The van der Waals surface area contributed by atoms with Gasteiger partial charge in [0.1, 0.15) is 0 Å². The van der Waals surface area contributed by atoms with Gasteiger partial charge in [0.15, 0.2) is 0 Å². The fourth-order valence-corrected chi connectivity index (χ4v) is 0. The van der Waals surface area contributed by atoms with Crippen molar-refractivity contribution in [2.75, 3.05) is 0 Å². The van der Waals surface area contributed by atoms with Crippen LogP contribution in [0.1, 0.15) is 0 Å². The second kappa shape index (κ2) is 24.6. The minimum atomic E-state index is 0. The Morgan fingerprint density at radius 1 is 0.500 bits per heavy atom. The van der Waals surface area contributed by atoms with Crippen LogP contribution < -0.4 is 37.2 Å². The van der Waals surface area contributed by atoms with Crippen LogP contribution in [-0.2, 0) is 19.5 Å². The molecule has 0 aromatic rings. The van der Waals surface area contributed by atoms with Crippen LogP contribution in [0.3, 0.4) is 0 Å². The van der Waals surface area contributed by atoms with Gasteiger partial charge in [0, 0.05) is 0 Å². The van der Waals surface area contributed by atoms with E-state index in [-0.39, 0.29) is 56.7 Å². The normalized spacial score (nSPS) is 0. The van der Waals surface area contributed by atoms with E-state index in [0.29, 0.717) is 0 Å². The molecular formula is Cl3Zn. The second-order valence-electron chi connectivity index (χ2n) is 0. The molecule has 23 valence electrons. The zero-order valence-corrected chi connectivity index (χ0v) is 7.08. The van der Waals surface area contributed by atoms with Gasteiger partial charge in [-0.15, -0.1) is 0 Å². The van der Waals surface area contributed by atoms with Crippen molar-refractivity contribution in [3.8, 4) is 0 Å². The maximum Gasteiger partial charge on any atom is 3.00 e. The zero-order chi connectivity index (χ0) is 0. The maximum atomic E-state index is 0. The average molecular weight is 172 g/mol. The summed E-state index contributed by atoms with van der Waals surface area (Å²) in [5, 5.41) is 0. The molecule has 0 heterocycles. The first-order valence-electron chi connectivity index (χ1n) is 0. The van der Waals surface area contributed by atoms with Crippen LogP contribution in [0.25, 0.3) is 0 Å². The Hall–Kier alpha value is 1.49. The molecule has 4 heavy (non-hydrogen) atoms.